The van der Waals surface area contributed by atoms with Crippen LogP contribution in [0.1, 0.15) is 30.9 Å². The minimum Gasteiger partial charge on any atom is -0.327 e. The number of hydrogen-bond donors (Lipinski definition) is 1. The van der Waals surface area contributed by atoms with Crippen molar-refractivity contribution in [1.82, 2.24) is 4.98 Å². The number of rotatable bonds is 1. The Hall–Kier alpha value is -0.810. The molecule has 6 heteroatoms. The number of alkyl halides is 3. The fraction of sp³-hybridized carbons (Fsp3) is 0.545. The third-order valence-corrected chi connectivity index (χ3v) is 3.76. The largest absolute Gasteiger partial charge is 0.417 e. The maximum absolute atomic E-state index is 12.6. The normalized spacial score (nSPS) is 27.0. The molecule has 2 nitrogen and oxygen atoms in total. The zero-order valence-electron chi connectivity index (χ0n) is 9.35. The van der Waals surface area contributed by atoms with E-state index in [0.29, 0.717) is 5.56 Å². The quantitative estimate of drug-likeness (QED) is 0.791. The van der Waals surface area contributed by atoms with Gasteiger partial charge in [0.1, 0.15) is 5.15 Å². The Morgan fingerprint density at radius 3 is 2.35 bits per heavy atom. The fourth-order valence-electron chi connectivity index (χ4n) is 2.11. The van der Waals surface area contributed by atoms with Gasteiger partial charge >= 0.3 is 6.18 Å². The molecule has 0 radical (unpaired) electrons. The molecule has 0 bridgehead atoms. The first-order valence-corrected chi connectivity index (χ1v) is 5.51. The lowest BCUT2D eigenvalue weighted by Crippen LogP contribution is -2.08. The van der Waals surface area contributed by atoms with Crippen molar-refractivity contribution in [2.45, 2.75) is 32.0 Å². The molecule has 0 unspecified atom stereocenters. The molecule has 0 aliphatic heterocycles. The number of halogens is 4. The Bertz CT molecular complexity index is 457. The summed E-state index contributed by atoms with van der Waals surface area (Å²) in [5.41, 5.74) is 5.21. The van der Waals surface area contributed by atoms with E-state index >= 15 is 0 Å². The molecule has 1 saturated carbocycles. The van der Waals surface area contributed by atoms with Gasteiger partial charge in [0.2, 0.25) is 0 Å². The lowest BCUT2D eigenvalue weighted by atomic mass is 10.0. The van der Waals surface area contributed by atoms with Crippen molar-refractivity contribution in [3.8, 4) is 0 Å². The first kappa shape index (κ1) is 12.6. The van der Waals surface area contributed by atoms with Crippen LogP contribution in [0.4, 0.5) is 13.2 Å². The van der Waals surface area contributed by atoms with Crippen LogP contribution in [0.3, 0.4) is 0 Å². The van der Waals surface area contributed by atoms with Gasteiger partial charge in [-0.1, -0.05) is 25.4 Å². The van der Waals surface area contributed by atoms with Gasteiger partial charge in [-0.15, -0.1) is 0 Å². The third kappa shape index (κ3) is 2.02. The van der Waals surface area contributed by atoms with E-state index in [1.165, 1.54) is 0 Å². The fourth-order valence-corrected chi connectivity index (χ4v) is 2.33. The van der Waals surface area contributed by atoms with Gasteiger partial charge in [-0.2, -0.15) is 13.2 Å². The summed E-state index contributed by atoms with van der Waals surface area (Å²) < 4.78 is 37.7. The summed E-state index contributed by atoms with van der Waals surface area (Å²) in [6, 6.07) is 0.875. The van der Waals surface area contributed by atoms with Crippen molar-refractivity contribution in [2.24, 2.45) is 11.1 Å². The van der Waals surface area contributed by atoms with E-state index in [2.05, 4.69) is 4.98 Å². The van der Waals surface area contributed by atoms with Crippen LogP contribution in [0.5, 0.6) is 0 Å². The summed E-state index contributed by atoms with van der Waals surface area (Å²) in [5.74, 6) is -0.162. The summed E-state index contributed by atoms with van der Waals surface area (Å²) in [6.45, 7) is 3.80. The van der Waals surface area contributed by atoms with Crippen molar-refractivity contribution in [2.75, 3.05) is 0 Å². The van der Waals surface area contributed by atoms with Gasteiger partial charge in [-0.25, -0.2) is 4.98 Å². The lowest BCUT2D eigenvalue weighted by Gasteiger charge is -2.10. The van der Waals surface area contributed by atoms with Crippen molar-refractivity contribution in [3.05, 3.63) is 28.5 Å². The van der Waals surface area contributed by atoms with Crippen LogP contribution in [0, 0.1) is 5.41 Å². The molecular formula is C11H12ClF3N2. The molecule has 2 N–H and O–H groups in total. The molecule has 2 atom stereocenters. The van der Waals surface area contributed by atoms with Crippen LogP contribution in [0.25, 0.3) is 0 Å². The minimum atomic E-state index is -4.41. The lowest BCUT2D eigenvalue weighted by molar-refractivity contribution is -0.137. The number of pyridine rings is 1. The molecule has 1 aliphatic rings. The molecule has 1 heterocycles. The van der Waals surface area contributed by atoms with E-state index in [-0.39, 0.29) is 22.5 Å². The number of nitrogens with two attached hydrogens (primary N) is 1. The van der Waals surface area contributed by atoms with Crippen molar-refractivity contribution >= 4 is 11.6 Å². The highest BCUT2D eigenvalue weighted by Crippen LogP contribution is 2.58. The van der Waals surface area contributed by atoms with E-state index in [9.17, 15) is 13.2 Å². The molecule has 0 spiro atoms. The summed E-state index contributed by atoms with van der Waals surface area (Å²) in [4.78, 5) is 3.60. The van der Waals surface area contributed by atoms with Gasteiger partial charge in [0.25, 0.3) is 0 Å². The monoisotopic (exact) mass is 264 g/mol. The molecule has 1 fully saturated rings. The van der Waals surface area contributed by atoms with Gasteiger partial charge in [0.15, 0.2) is 0 Å². The van der Waals surface area contributed by atoms with Crippen LogP contribution in [-0.4, -0.2) is 11.0 Å². The first-order valence-electron chi connectivity index (χ1n) is 5.14. The smallest absolute Gasteiger partial charge is 0.327 e. The Balaban J connectivity index is 2.42. The SMILES string of the molecule is CC1(C)[C@H](N)[C@H]1c1cc(C(F)(F)F)cnc1Cl. The topological polar surface area (TPSA) is 38.9 Å². The summed E-state index contributed by atoms with van der Waals surface area (Å²) in [7, 11) is 0. The molecule has 1 aliphatic carbocycles. The molecule has 0 aromatic carbocycles. The van der Waals surface area contributed by atoms with E-state index in [0.717, 1.165) is 12.3 Å². The molecule has 0 amide bonds. The average molecular weight is 265 g/mol. The van der Waals surface area contributed by atoms with Crippen LogP contribution < -0.4 is 5.73 Å². The summed E-state index contributed by atoms with van der Waals surface area (Å²) in [5, 5.41) is 0.101. The van der Waals surface area contributed by atoms with E-state index in [1.54, 1.807) is 0 Å². The predicted octanol–water partition coefficient (Wildman–Crippen LogP) is 3.20. The third-order valence-electron chi connectivity index (χ3n) is 3.44. The van der Waals surface area contributed by atoms with Gasteiger partial charge in [-0.3, -0.25) is 0 Å². The maximum atomic E-state index is 12.6. The maximum Gasteiger partial charge on any atom is 0.417 e. The molecular weight excluding hydrogens is 253 g/mol. The Morgan fingerprint density at radius 1 is 1.41 bits per heavy atom. The molecule has 1 aromatic rings. The zero-order chi connectivity index (χ0) is 13.0. The zero-order valence-corrected chi connectivity index (χ0v) is 10.1. The van der Waals surface area contributed by atoms with Crippen LogP contribution >= 0.6 is 11.6 Å². The molecule has 2 rings (SSSR count). The van der Waals surface area contributed by atoms with Crippen LogP contribution in [0.15, 0.2) is 12.3 Å². The molecule has 0 saturated heterocycles. The van der Waals surface area contributed by atoms with Crippen LogP contribution in [-0.2, 0) is 6.18 Å². The standard InChI is InChI=1S/C11H12ClF3N2/c1-10(2)7(8(10)16)6-3-5(11(13,14)15)4-17-9(6)12/h3-4,7-8H,16H2,1-2H3/t7-,8-/m1/s1. The highest BCUT2D eigenvalue weighted by atomic mass is 35.5. The van der Waals surface area contributed by atoms with Gasteiger partial charge in [-0.05, 0) is 17.0 Å². The minimum absolute atomic E-state index is 0.101. The van der Waals surface area contributed by atoms with Crippen molar-refractivity contribution in [3.63, 3.8) is 0 Å². The van der Waals surface area contributed by atoms with E-state index in [1.807, 2.05) is 13.8 Å². The highest BCUT2D eigenvalue weighted by molar-refractivity contribution is 6.30. The van der Waals surface area contributed by atoms with Gasteiger partial charge in [0.05, 0.1) is 5.56 Å². The summed E-state index contributed by atoms with van der Waals surface area (Å²) >= 11 is 5.84. The van der Waals surface area contributed by atoms with Crippen molar-refractivity contribution in [1.29, 1.82) is 0 Å². The van der Waals surface area contributed by atoms with Gasteiger partial charge in [0, 0.05) is 18.2 Å². The Morgan fingerprint density at radius 2 is 1.94 bits per heavy atom. The molecule has 94 valence electrons. The molecule has 17 heavy (non-hydrogen) atoms. The first-order chi connectivity index (χ1) is 7.65. The average Bonchev–Trinajstić information content (AvgIpc) is 2.66. The highest BCUT2D eigenvalue weighted by Gasteiger charge is 2.57. The summed E-state index contributed by atoms with van der Waals surface area (Å²) in [6.07, 6.45) is -3.66. The number of hydrogen-bond acceptors (Lipinski definition) is 2. The second-order valence-electron chi connectivity index (χ2n) is 4.93. The van der Waals surface area contributed by atoms with E-state index < -0.39 is 11.7 Å². The number of aromatic nitrogens is 1. The Labute approximate surface area is 102 Å². The van der Waals surface area contributed by atoms with Crippen LogP contribution in [0.2, 0.25) is 5.15 Å². The van der Waals surface area contributed by atoms with Crippen molar-refractivity contribution < 1.29 is 13.2 Å². The second-order valence-corrected chi connectivity index (χ2v) is 5.28. The molecule has 1 aromatic heterocycles. The van der Waals surface area contributed by atoms with E-state index in [4.69, 9.17) is 17.3 Å². The number of nitrogens with zero attached hydrogens (tertiary/aromatic N) is 1. The second kappa shape index (κ2) is 3.59. The Kier molecular flexibility index (Phi) is 2.67. The predicted molar refractivity (Wildman–Crippen MR) is 58.7 cm³/mol. The van der Waals surface area contributed by atoms with Gasteiger partial charge < -0.3 is 5.73 Å².